The van der Waals surface area contributed by atoms with Gasteiger partial charge in [-0.05, 0) is 24.6 Å². The van der Waals surface area contributed by atoms with Crippen LogP contribution in [0.3, 0.4) is 0 Å². The van der Waals surface area contributed by atoms with E-state index in [1.54, 1.807) is 27.1 Å². The monoisotopic (exact) mass is 240 g/mol. The lowest BCUT2D eigenvalue weighted by Crippen LogP contribution is -2.27. The molecule has 1 aromatic rings. The molecular formula is C12H17FN2O2. The van der Waals surface area contributed by atoms with Gasteiger partial charge in [0.25, 0.3) is 5.91 Å². The quantitative estimate of drug-likeness (QED) is 0.863. The Kier molecular flexibility index (Phi) is 4.45. The Morgan fingerprint density at radius 3 is 2.65 bits per heavy atom. The van der Waals surface area contributed by atoms with Crippen molar-refractivity contribution in [1.82, 2.24) is 4.90 Å². The van der Waals surface area contributed by atoms with Crippen LogP contribution in [0.15, 0.2) is 18.2 Å². The molecule has 4 nitrogen and oxygen atoms in total. The number of nitrogens with two attached hydrogens (primary N) is 1. The first-order chi connectivity index (χ1) is 7.91. The molecule has 1 aromatic carbocycles. The van der Waals surface area contributed by atoms with Gasteiger partial charge in [-0.2, -0.15) is 0 Å². The van der Waals surface area contributed by atoms with E-state index in [1.165, 1.54) is 17.0 Å². The van der Waals surface area contributed by atoms with Crippen LogP contribution < -0.4 is 10.5 Å². The topological polar surface area (TPSA) is 55.6 Å². The summed E-state index contributed by atoms with van der Waals surface area (Å²) in [4.78, 5) is 12.6. The Balaban J connectivity index is 2.70. The third-order valence-electron chi connectivity index (χ3n) is 2.33. The number of rotatable bonds is 4. The van der Waals surface area contributed by atoms with E-state index in [4.69, 9.17) is 10.5 Å². The zero-order valence-corrected chi connectivity index (χ0v) is 10.2. The molecule has 0 radical (unpaired) electrons. The molecule has 0 aromatic heterocycles. The fourth-order valence-corrected chi connectivity index (χ4v) is 1.19. The Morgan fingerprint density at radius 1 is 1.53 bits per heavy atom. The summed E-state index contributed by atoms with van der Waals surface area (Å²) in [6.07, 6.45) is 0. The van der Waals surface area contributed by atoms with Gasteiger partial charge in [0.1, 0.15) is 0 Å². The van der Waals surface area contributed by atoms with Crippen LogP contribution in [0.25, 0.3) is 0 Å². The van der Waals surface area contributed by atoms with E-state index >= 15 is 0 Å². The third-order valence-corrected chi connectivity index (χ3v) is 2.33. The molecule has 1 amide bonds. The van der Waals surface area contributed by atoms with Crippen LogP contribution >= 0.6 is 0 Å². The zero-order chi connectivity index (χ0) is 13.0. The molecule has 0 fully saturated rings. The van der Waals surface area contributed by atoms with E-state index < -0.39 is 5.82 Å². The largest absolute Gasteiger partial charge is 0.481 e. The Labute approximate surface area is 100 Å². The van der Waals surface area contributed by atoms with E-state index in [0.717, 1.165) is 0 Å². The second-order valence-electron chi connectivity index (χ2n) is 4.06. The lowest BCUT2D eigenvalue weighted by molar-refractivity contribution is -0.130. The van der Waals surface area contributed by atoms with Gasteiger partial charge in [0.05, 0.1) is 0 Å². The van der Waals surface area contributed by atoms with Gasteiger partial charge in [-0.25, -0.2) is 4.39 Å². The maximum atomic E-state index is 13.6. The molecule has 0 saturated heterocycles. The smallest absolute Gasteiger partial charge is 0.259 e. The van der Waals surface area contributed by atoms with Gasteiger partial charge in [0.2, 0.25) is 0 Å². The van der Waals surface area contributed by atoms with Gasteiger partial charge < -0.3 is 15.4 Å². The van der Waals surface area contributed by atoms with Gasteiger partial charge in [0.15, 0.2) is 18.2 Å². The summed E-state index contributed by atoms with van der Waals surface area (Å²) in [5.41, 5.74) is 6.32. The summed E-state index contributed by atoms with van der Waals surface area (Å²) in [5, 5.41) is 0. The normalized spacial score (nSPS) is 12.1. The number of carbonyl (C=O) groups is 1. The summed E-state index contributed by atoms with van der Waals surface area (Å²) in [6.45, 7) is 1.59. The minimum atomic E-state index is -0.508. The highest BCUT2D eigenvalue weighted by atomic mass is 19.1. The highest BCUT2D eigenvalue weighted by Gasteiger charge is 2.10. The second kappa shape index (κ2) is 5.63. The molecule has 0 unspecified atom stereocenters. The van der Waals surface area contributed by atoms with Gasteiger partial charge >= 0.3 is 0 Å². The molecule has 2 N–H and O–H groups in total. The molecule has 1 rings (SSSR count). The highest BCUT2D eigenvalue weighted by Crippen LogP contribution is 2.21. The number of carbonyl (C=O) groups excluding carboxylic acids is 1. The fraction of sp³-hybridized carbons (Fsp3) is 0.417. The van der Waals surface area contributed by atoms with Crippen LogP contribution in [0.4, 0.5) is 4.39 Å². The predicted molar refractivity (Wildman–Crippen MR) is 63.2 cm³/mol. The third kappa shape index (κ3) is 3.71. The van der Waals surface area contributed by atoms with E-state index in [9.17, 15) is 9.18 Å². The Hall–Kier alpha value is -1.62. The number of halogens is 1. The van der Waals surface area contributed by atoms with Crippen molar-refractivity contribution in [3.63, 3.8) is 0 Å². The van der Waals surface area contributed by atoms with Crippen molar-refractivity contribution in [2.75, 3.05) is 20.7 Å². The molecule has 17 heavy (non-hydrogen) atoms. The molecule has 94 valence electrons. The van der Waals surface area contributed by atoms with Crippen molar-refractivity contribution in [3.05, 3.63) is 29.6 Å². The maximum absolute atomic E-state index is 13.6. The van der Waals surface area contributed by atoms with Crippen molar-refractivity contribution in [3.8, 4) is 5.75 Å². The summed E-state index contributed by atoms with van der Waals surface area (Å²) < 4.78 is 18.6. The predicted octanol–water partition coefficient (Wildman–Crippen LogP) is 1.31. The highest BCUT2D eigenvalue weighted by molar-refractivity contribution is 5.77. The van der Waals surface area contributed by atoms with Crippen LogP contribution in [-0.4, -0.2) is 31.5 Å². The Bertz CT molecular complexity index is 405. The SMILES string of the molecule is C[C@H](N)c1ccc(OCC(=O)N(C)C)c(F)c1. The molecule has 0 saturated carbocycles. The first-order valence-corrected chi connectivity index (χ1v) is 5.29. The van der Waals surface area contributed by atoms with Crippen LogP contribution in [0.1, 0.15) is 18.5 Å². The van der Waals surface area contributed by atoms with Gasteiger partial charge in [0, 0.05) is 20.1 Å². The molecule has 1 atom stereocenters. The average Bonchev–Trinajstić information content (AvgIpc) is 2.26. The molecular weight excluding hydrogens is 223 g/mol. The minimum Gasteiger partial charge on any atom is -0.481 e. The first kappa shape index (κ1) is 13.4. The van der Waals surface area contributed by atoms with Crippen molar-refractivity contribution in [1.29, 1.82) is 0 Å². The fourth-order valence-electron chi connectivity index (χ4n) is 1.19. The van der Waals surface area contributed by atoms with E-state index in [0.29, 0.717) is 5.56 Å². The Morgan fingerprint density at radius 2 is 2.18 bits per heavy atom. The average molecular weight is 240 g/mol. The van der Waals surface area contributed by atoms with Crippen molar-refractivity contribution in [2.45, 2.75) is 13.0 Å². The number of nitrogens with zero attached hydrogens (tertiary/aromatic N) is 1. The maximum Gasteiger partial charge on any atom is 0.259 e. The number of ether oxygens (including phenoxy) is 1. The zero-order valence-electron chi connectivity index (χ0n) is 10.2. The van der Waals surface area contributed by atoms with E-state index in [-0.39, 0.29) is 24.3 Å². The molecule has 0 aliphatic heterocycles. The van der Waals surface area contributed by atoms with Gasteiger partial charge in [-0.3, -0.25) is 4.79 Å². The van der Waals surface area contributed by atoms with Crippen molar-refractivity contribution < 1.29 is 13.9 Å². The number of amides is 1. The molecule has 0 heterocycles. The summed E-state index contributed by atoms with van der Waals surface area (Å²) in [7, 11) is 3.22. The summed E-state index contributed by atoms with van der Waals surface area (Å²) >= 11 is 0. The summed E-state index contributed by atoms with van der Waals surface area (Å²) in [6, 6.07) is 4.25. The standard InChI is InChI=1S/C12H17FN2O2/c1-8(14)9-4-5-11(10(13)6-9)17-7-12(16)15(2)3/h4-6,8H,7,14H2,1-3H3/t8-/m0/s1. The lowest BCUT2D eigenvalue weighted by Gasteiger charge is -2.13. The molecule has 0 spiro atoms. The number of benzene rings is 1. The van der Waals surface area contributed by atoms with E-state index in [2.05, 4.69) is 0 Å². The first-order valence-electron chi connectivity index (χ1n) is 5.29. The van der Waals surface area contributed by atoms with E-state index in [1.807, 2.05) is 0 Å². The molecule has 0 aliphatic carbocycles. The number of likely N-dealkylation sites (N-methyl/N-ethyl adjacent to an activating group) is 1. The lowest BCUT2D eigenvalue weighted by atomic mass is 10.1. The van der Waals surface area contributed by atoms with Crippen LogP contribution in [0.5, 0.6) is 5.75 Å². The summed E-state index contributed by atoms with van der Waals surface area (Å²) in [5.74, 6) is -0.670. The van der Waals surface area contributed by atoms with Crippen molar-refractivity contribution in [2.24, 2.45) is 5.73 Å². The van der Waals surface area contributed by atoms with Crippen LogP contribution in [0.2, 0.25) is 0 Å². The van der Waals surface area contributed by atoms with Crippen LogP contribution in [-0.2, 0) is 4.79 Å². The van der Waals surface area contributed by atoms with Gasteiger partial charge in [-0.15, -0.1) is 0 Å². The second-order valence-corrected chi connectivity index (χ2v) is 4.06. The molecule has 5 heteroatoms. The van der Waals surface area contributed by atoms with Crippen LogP contribution in [0, 0.1) is 5.82 Å². The van der Waals surface area contributed by atoms with Gasteiger partial charge in [-0.1, -0.05) is 6.07 Å². The number of hydrogen-bond donors (Lipinski definition) is 1. The van der Waals surface area contributed by atoms with Crippen molar-refractivity contribution >= 4 is 5.91 Å². The number of hydrogen-bond acceptors (Lipinski definition) is 3. The molecule has 0 aliphatic rings. The molecule has 0 bridgehead atoms. The minimum absolute atomic E-state index is 0.0598.